The zero-order chi connectivity index (χ0) is 47.2. The third-order valence-electron chi connectivity index (χ3n) is 13.9. The molecule has 0 amide bonds. The van der Waals surface area contributed by atoms with Crippen molar-refractivity contribution in [3.63, 3.8) is 0 Å². The fourth-order valence-electron chi connectivity index (χ4n) is 9.96. The second-order valence-corrected chi connectivity index (χ2v) is 22.9. The van der Waals surface area contributed by atoms with Gasteiger partial charge in [0.25, 0.3) is 6.71 Å². The number of aromatic nitrogens is 2. The Hall–Kier alpha value is -6.72. The Kier molecular flexibility index (Phi) is 10.5. The van der Waals surface area contributed by atoms with Gasteiger partial charge in [-0.05, 0) is 137 Å². The molecule has 2 aliphatic heterocycles. The summed E-state index contributed by atoms with van der Waals surface area (Å²) in [5.74, 6) is 0.698. The quantitative estimate of drug-likeness (QED) is 0.161. The molecular formula is C62H63BN4. The van der Waals surface area contributed by atoms with Gasteiger partial charge in [-0.15, -0.1) is 0 Å². The van der Waals surface area contributed by atoms with E-state index in [0.29, 0.717) is 5.82 Å². The SMILES string of the molecule is CC(C)(C)c1cc(N2c3cc(-c4ccccc4)ccc3B3c4ccc(-c5ccccc5)cc4N(c4cc(C(C)(C)C)cc(C(C)(C)C)c4)c4cc(-c5ncccn5)cc2c43)cc(C(C)(C)C)c1. The minimum absolute atomic E-state index is 0.0661. The third-order valence-corrected chi connectivity index (χ3v) is 13.9. The minimum Gasteiger partial charge on any atom is -0.311 e. The predicted molar refractivity (Wildman–Crippen MR) is 287 cm³/mol. The van der Waals surface area contributed by atoms with Gasteiger partial charge >= 0.3 is 0 Å². The van der Waals surface area contributed by atoms with Crippen LogP contribution in [0.15, 0.2) is 164 Å². The number of hydrogen-bond donors (Lipinski definition) is 0. The van der Waals surface area contributed by atoms with Crippen LogP contribution in [0.5, 0.6) is 0 Å². The van der Waals surface area contributed by atoms with E-state index in [2.05, 4.69) is 238 Å². The fraction of sp³-hybridized carbons (Fsp3) is 0.258. The van der Waals surface area contributed by atoms with Crippen molar-refractivity contribution >= 4 is 57.2 Å². The molecule has 0 spiro atoms. The van der Waals surface area contributed by atoms with Crippen molar-refractivity contribution in [3.05, 3.63) is 186 Å². The lowest BCUT2D eigenvalue weighted by molar-refractivity contribution is 0.568. The first-order chi connectivity index (χ1) is 31.7. The largest absolute Gasteiger partial charge is 0.311 e. The molecule has 8 aromatic rings. The molecule has 5 heteroatoms. The van der Waals surface area contributed by atoms with Crippen LogP contribution in [0, 0.1) is 0 Å². The highest BCUT2D eigenvalue weighted by Crippen LogP contribution is 2.49. The van der Waals surface area contributed by atoms with Gasteiger partial charge in [-0.1, -0.05) is 180 Å². The van der Waals surface area contributed by atoms with Crippen molar-refractivity contribution in [1.82, 2.24) is 9.97 Å². The molecule has 7 aromatic carbocycles. The summed E-state index contributed by atoms with van der Waals surface area (Å²) in [6.07, 6.45) is 3.72. The van der Waals surface area contributed by atoms with E-state index in [1.165, 1.54) is 72.3 Å². The first kappa shape index (κ1) is 44.1. The summed E-state index contributed by atoms with van der Waals surface area (Å²) in [5, 5.41) is 0. The van der Waals surface area contributed by atoms with Crippen LogP contribution in [0.4, 0.5) is 34.1 Å². The zero-order valence-electron chi connectivity index (χ0n) is 41.5. The Morgan fingerprint density at radius 2 is 0.701 bits per heavy atom. The summed E-state index contributed by atoms with van der Waals surface area (Å²) in [6, 6.07) is 57.3. The average molecular weight is 875 g/mol. The van der Waals surface area contributed by atoms with Crippen LogP contribution < -0.4 is 26.2 Å². The number of nitrogens with zero attached hydrogens (tertiary/aromatic N) is 4. The molecule has 0 unspecified atom stereocenters. The molecule has 0 aliphatic carbocycles. The maximum absolute atomic E-state index is 4.94. The maximum Gasteiger partial charge on any atom is 0.252 e. The molecule has 2 aliphatic rings. The van der Waals surface area contributed by atoms with Gasteiger partial charge in [-0.3, -0.25) is 0 Å². The summed E-state index contributed by atoms with van der Waals surface area (Å²) in [6.45, 7) is 27.9. The van der Waals surface area contributed by atoms with Crippen molar-refractivity contribution in [3.8, 4) is 33.6 Å². The molecule has 0 saturated heterocycles. The van der Waals surface area contributed by atoms with Crippen molar-refractivity contribution in [2.24, 2.45) is 0 Å². The van der Waals surface area contributed by atoms with Crippen LogP contribution in [0.25, 0.3) is 33.6 Å². The second kappa shape index (κ2) is 16.0. The summed E-state index contributed by atoms with van der Waals surface area (Å²) < 4.78 is 0. The number of benzene rings is 7. The topological polar surface area (TPSA) is 32.3 Å². The minimum atomic E-state index is -0.0861. The van der Waals surface area contributed by atoms with Gasteiger partial charge in [0.2, 0.25) is 0 Å². The van der Waals surface area contributed by atoms with E-state index in [0.717, 1.165) is 28.3 Å². The van der Waals surface area contributed by atoms with Gasteiger partial charge < -0.3 is 9.80 Å². The van der Waals surface area contributed by atoms with E-state index < -0.39 is 0 Å². The molecule has 1 aromatic heterocycles. The molecule has 67 heavy (non-hydrogen) atoms. The van der Waals surface area contributed by atoms with Crippen molar-refractivity contribution in [2.45, 2.75) is 105 Å². The standard InChI is InChI=1S/C62H63BN4/c1-59(2,3)45-34-46(60(4,5)6)37-49(36-45)66-53-30-42(40-20-15-13-16-21-40)24-26-51(53)63-52-27-25-43(41-22-17-14-18-23-41)31-54(52)67(50-38-47(61(7,8)9)35-48(39-50)62(10,11)12)56-33-44(32-55(66)57(56)63)58-64-28-19-29-65-58/h13-39H,1-12H3. The normalized spacial score (nSPS) is 13.6. The summed E-state index contributed by atoms with van der Waals surface area (Å²) >= 11 is 0. The van der Waals surface area contributed by atoms with Crippen LogP contribution >= 0.6 is 0 Å². The number of hydrogen-bond acceptors (Lipinski definition) is 4. The van der Waals surface area contributed by atoms with E-state index in [1.807, 2.05) is 18.5 Å². The monoisotopic (exact) mass is 875 g/mol. The van der Waals surface area contributed by atoms with Gasteiger partial charge in [0.05, 0.1) is 0 Å². The first-order valence-electron chi connectivity index (χ1n) is 24.0. The molecule has 4 nitrogen and oxygen atoms in total. The molecule has 0 fully saturated rings. The fourth-order valence-corrected chi connectivity index (χ4v) is 9.96. The van der Waals surface area contributed by atoms with Crippen LogP contribution in [-0.4, -0.2) is 16.7 Å². The van der Waals surface area contributed by atoms with Crippen molar-refractivity contribution in [1.29, 1.82) is 0 Å². The van der Waals surface area contributed by atoms with E-state index in [-0.39, 0.29) is 28.4 Å². The Morgan fingerprint density at radius 1 is 0.343 bits per heavy atom. The molecule has 334 valence electrons. The number of rotatable bonds is 5. The van der Waals surface area contributed by atoms with Gasteiger partial charge in [-0.2, -0.15) is 0 Å². The molecule has 0 radical (unpaired) electrons. The zero-order valence-corrected chi connectivity index (χ0v) is 41.5. The van der Waals surface area contributed by atoms with Gasteiger partial charge in [-0.25, -0.2) is 9.97 Å². The number of anilines is 6. The molecule has 3 heterocycles. The lowest BCUT2D eigenvalue weighted by atomic mass is 9.33. The highest BCUT2D eigenvalue weighted by atomic mass is 15.2. The van der Waals surface area contributed by atoms with E-state index in [1.54, 1.807) is 0 Å². The Balaban J connectivity index is 1.37. The first-order valence-corrected chi connectivity index (χ1v) is 24.0. The Morgan fingerprint density at radius 3 is 1.06 bits per heavy atom. The second-order valence-electron chi connectivity index (χ2n) is 22.9. The Labute approximate surface area is 399 Å². The molecule has 0 atom stereocenters. The maximum atomic E-state index is 4.94. The van der Waals surface area contributed by atoms with Gasteiger partial charge in [0.15, 0.2) is 5.82 Å². The summed E-state index contributed by atoms with van der Waals surface area (Å²) in [7, 11) is 0. The van der Waals surface area contributed by atoms with Crippen molar-refractivity contribution in [2.75, 3.05) is 9.80 Å². The van der Waals surface area contributed by atoms with Gasteiger partial charge in [0, 0.05) is 52.1 Å². The lowest BCUT2D eigenvalue weighted by Crippen LogP contribution is -2.61. The molecule has 0 N–H and O–H groups in total. The van der Waals surface area contributed by atoms with E-state index in [4.69, 9.17) is 9.97 Å². The van der Waals surface area contributed by atoms with Crippen molar-refractivity contribution < 1.29 is 0 Å². The highest BCUT2D eigenvalue weighted by Gasteiger charge is 2.44. The van der Waals surface area contributed by atoms with Crippen LogP contribution in [0.3, 0.4) is 0 Å². The van der Waals surface area contributed by atoms with Crippen LogP contribution in [0.1, 0.15) is 105 Å². The third kappa shape index (κ3) is 8.07. The Bertz CT molecular complexity index is 2910. The van der Waals surface area contributed by atoms with E-state index in [9.17, 15) is 0 Å². The molecular weight excluding hydrogens is 812 g/mol. The highest BCUT2D eigenvalue weighted by molar-refractivity contribution is 7.00. The molecule has 10 rings (SSSR count). The van der Waals surface area contributed by atoms with Gasteiger partial charge in [0.1, 0.15) is 0 Å². The van der Waals surface area contributed by atoms with Crippen LogP contribution in [0.2, 0.25) is 0 Å². The van der Waals surface area contributed by atoms with Crippen LogP contribution in [-0.2, 0) is 21.7 Å². The lowest BCUT2D eigenvalue weighted by Gasteiger charge is -2.45. The predicted octanol–water partition coefficient (Wildman–Crippen LogP) is 14.8. The molecule has 0 bridgehead atoms. The summed E-state index contributed by atoms with van der Waals surface area (Å²) in [4.78, 5) is 15.0. The number of fused-ring (bicyclic) bond motifs is 4. The van der Waals surface area contributed by atoms with E-state index >= 15 is 0 Å². The smallest absolute Gasteiger partial charge is 0.252 e. The molecule has 0 saturated carbocycles. The average Bonchev–Trinajstić information content (AvgIpc) is 3.30. The summed E-state index contributed by atoms with van der Waals surface area (Å²) in [5.41, 5.74) is 21.4.